The predicted octanol–water partition coefficient (Wildman–Crippen LogP) is 3.14. The van der Waals surface area contributed by atoms with Gasteiger partial charge in [-0.05, 0) is 49.9 Å². The van der Waals surface area contributed by atoms with Crippen LogP contribution in [0, 0.1) is 12.8 Å². The van der Waals surface area contributed by atoms with Crippen molar-refractivity contribution in [2.24, 2.45) is 5.92 Å². The molecule has 0 unspecified atom stereocenters. The van der Waals surface area contributed by atoms with Gasteiger partial charge in [-0.2, -0.15) is 0 Å². The van der Waals surface area contributed by atoms with Crippen LogP contribution in [0.4, 0.5) is 5.69 Å². The van der Waals surface area contributed by atoms with Crippen LogP contribution in [0.2, 0.25) is 5.02 Å². The van der Waals surface area contributed by atoms with Gasteiger partial charge in [-0.15, -0.1) is 0 Å². The number of hydrogen-bond acceptors (Lipinski definition) is 5. The van der Waals surface area contributed by atoms with Crippen LogP contribution in [0.25, 0.3) is 0 Å². The van der Waals surface area contributed by atoms with Gasteiger partial charge < -0.3 is 15.0 Å². The summed E-state index contributed by atoms with van der Waals surface area (Å²) in [5.74, 6) is 0.558. The van der Waals surface area contributed by atoms with Gasteiger partial charge in [-0.3, -0.25) is 19.4 Å². The summed E-state index contributed by atoms with van der Waals surface area (Å²) in [5.41, 5.74) is 2.94. The van der Waals surface area contributed by atoms with Gasteiger partial charge in [0.05, 0.1) is 19.8 Å². The highest BCUT2D eigenvalue weighted by Crippen LogP contribution is 2.29. The zero-order valence-electron chi connectivity index (χ0n) is 19.9. The highest BCUT2D eigenvalue weighted by molar-refractivity contribution is 6.31. The maximum atomic E-state index is 12.9. The van der Waals surface area contributed by atoms with E-state index in [0.717, 1.165) is 68.9 Å². The molecule has 0 aromatic heterocycles. The number of halogens is 1. The smallest absolute Gasteiger partial charge is 0.238 e. The van der Waals surface area contributed by atoms with Crippen LogP contribution in [0.15, 0.2) is 12.1 Å². The van der Waals surface area contributed by atoms with Crippen molar-refractivity contribution in [2.75, 3.05) is 57.8 Å². The second-order valence-electron chi connectivity index (χ2n) is 9.77. The number of nitrogens with one attached hydrogen (secondary N) is 1. The van der Waals surface area contributed by atoms with Crippen molar-refractivity contribution in [1.29, 1.82) is 0 Å². The molecule has 1 aromatic carbocycles. The Morgan fingerprint density at radius 2 is 1.82 bits per heavy atom. The summed E-state index contributed by atoms with van der Waals surface area (Å²) < 4.78 is 5.36. The van der Waals surface area contributed by atoms with Crippen LogP contribution in [0.1, 0.15) is 43.7 Å². The second kappa shape index (κ2) is 11.2. The molecule has 3 fully saturated rings. The minimum Gasteiger partial charge on any atom is -0.379 e. The SMILES string of the molecule is Cc1c(CN2CCN(C(=O)C3CCCC3)[C@@H](C)C2)cc(Cl)cc1NC(=O)CN1CCOCC1. The van der Waals surface area contributed by atoms with E-state index in [4.69, 9.17) is 16.3 Å². The van der Waals surface area contributed by atoms with E-state index in [-0.39, 0.29) is 17.9 Å². The number of hydrogen-bond donors (Lipinski definition) is 1. The lowest BCUT2D eigenvalue weighted by atomic mass is 10.0. The molecule has 0 radical (unpaired) electrons. The average Bonchev–Trinajstić information content (AvgIpc) is 3.32. The third-order valence-corrected chi connectivity index (χ3v) is 7.54. The normalized spacial score (nSPS) is 23.1. The Labute approximate surface area is 202 Å². The minimum atomic E-state index is -0.0270. The summed E-state index contributed by atoms with van der Waals surface area (Å²) in [6.07, 6.45) is 4.47. The number of carbonyl (C=O) groups excluding carboxylic acids is 2. The molecule has 2 saturated heterocycles. The number of carbonyl (C=O) groups is 2. The molecule has 2 amide bonds. The summed E-state index contributed by atoms with van der Waals surface area (Å²) in [6, 6.07) is 4.03. The first-order chi connectivity index (χ1) is 15.9. The predicted molar refractivity (Wildman–Crippen MR) is 130 cm³/mol. The Morgan fingerprint density at radius 1 is 1.09 bits per heavy atom. The number of piperazine rings is 1. The minimum absolute atomic E-state index is 0.0270. The first-order valence-corrected chi connectivity index (χ1v) is 12.7. The lowest BCUT2D eigenvalue weighted by Gasteiger charge is -2.41. The van der Waals surface area contributed by atoms with E-state index in [1.54, 1.807) is 0 Å². The number of amides is 2. The van der Waals surface area contributed by atoms with Crippen molar-refractivity contribution in [1.82, 2.24) is 14.7 Å². The maximum Gasteiger partial charge on any atom is 0.238 e. The van der Waals surface area contributed by atoms with Crippen molar-refractivity contribution in [3.63, 3.8) is 0 Å². The molecular formula is C25H37ClN4O3. The Bertz CT molecular complexity index is 852. The van der Waals surface area contributed by atoms with Crippen LogP contribution in [0.3, 0.4) is 0 Å². The Kier molecular flexibility index (Phi) is 8.28. The molecule has 0 bridgehead atoms. The standard InChI is InChI=1S/C25H37ClN4O3/c1-18-15-29(7-8-30(18)25(32)20-5-3-4-6-20)16-21-13-22(26)14-23(19(21)2)27-24(31)17-28-9-11-33-12-10-28/h13-14,18,20H,3-12,15-17H2,1-2H3,(H,27,31)/t18-/m0/s1. The number of morpholine rings is 1. The molecule has 2 aliphatic heterocycles. The molecule has 182 valence electrons. The quantitative estimate of drug-likeness (QED) is 0.683. The summed E-state index contributed by atoms with van der Waals surface area (Å²) in [4.78, 5) is 32.1. The summed E-state index contributed by atoms with van der Waals surface area (Å²) in [7, 11) is 0. The molecule has 1 N–H and O–H groups in total. The van der Waals surface area contributed by atoms with Crippen molar-refractivity contribution in [3.8, 4) is 0 Å². The topological polar surface area (TPSA) is 65.1 Å². The van der Waals surface area contributed by atoms with Crippen molar-refractivity contribution in [2.45, 2.75) is 52.1 Å². The Morgan fingerprint density at radius 3 is 2.52 bits per heavy atom. The van der Waals surface area contributed by atoms with E-state index >= 15 is 0 Å². The first kappa shape index (κ1) is 24.5. The molecule has 4 rings (SSSR count). The van der Waals surface area contributed by atoms with Gasteiger partial charge in [0, 0.05) is 61.9 Å². The number of nitrogens with zero attached hydrogens (tertiary/aromatic N) is 3. The summed E-state index contributed by atoms with van der Waals surface area (Å²) in [6.45, 7) is 10.7. The van der Waals surface area contributed by atoms with Gasteiger partial charge in [-0.25, -0.2) is 0 Å². The highest BCUT2D eigenvalue weighted by Gasteiger charge is 2.33. The van der Waals surface area contributed by atoms with Gasteiger partial charge in [0.1, 0.15) is 0 Å². The largest absolute Gasteiger partial charge is 0.379 e. The second-order valence-corrected chi connectivity index (χ2v) is 10.2. The van der Waals surface area contributed by atoms with Crippen molar-refractivity contribution in [3.05, 3.63) is 28.3 Å². The van der Waals surface area contributed by atoms with E-state index < -0.39 is 0 Å². The van der Waals surface area contributed by atoms with Gasteiger partial charge in [0.2, 0.25) is 11.8 Å². The van der Waals surface area contributed by atoms with Gasteiger partial charge in [-0.1, -0.05) is 24.4 Å². The lowest BCUT2D eigenvalue weighted by molar-refractivity contribution is -0.140. The van der Waals surface area contributed by atoms with Crippen LogP contribution < -0.4 is 5.32 Å². The van der Waals surface area contributed by atoms with E-state index in [1.165, 1.54) is 12.8 Å². The van der Waals surface area contributed by atoms with Crippen LogP contribution in [0.5, 0.6) is 0 Å². The lowest BCUT2D eigenvalue weighted by Crippen LogP contribution is -2.54. The molecule has 2 heterocycles. The maximum absolute atomic E-state index is 12.9. The number of anilines is 1. The van der Waals surface area contributed by atoms with Crippen molar-refractivity contribution >= 4 is 29.1 Å². The monoisotopic (exact) mass is 476 g/mol. The molecule has 1 saturated carbocycles. The van der Waals surface area contributed by atoms with Gasteiger partial charge in [0.25, 0.3) is 0 Å². The number of benzene rings is 1. The fourth-order valence-electron chi connectivity index (χ4n) is 5.33. The third-order valence-electron chi connectivity index (χ3n) is 7.32. The molecule has 7 nitrogen and oxygen atoms in total. The van der Waals surface area contributed by atoms with Crippen LogP contribution >= 0.6 is 11.6 Å². The fourth-order valence-corrected chi connectivity index (χ4v) is 5.57. The van der Waals surface area contributed by atoms with Gasteiger partial charge >= 0.3 is 0 Å². The zero-order chi connectivity index (χ0) is 23.4. The Balaban J connectivity index is 1.35. The Hall–Kier alpha value is -1.67. The molecular weight excluding hydrogens is 440 g/mol. The first-order valence-electron chi connectivity index (χ1n) is 12.3. The molecule has 1 atom stereocenters. The molecule has 3 aliphatic rings. The van der Waals surface area contributed by atoms with Crippen LogP contribution in [-0.4, -0.2) is 85.0 Å². The fraction of sp³-hybridized carbons (Fsp3) is 0.680. The van der Waals surface area contributed by atoms with E-state index in [2.05, 4.69) is 26.9 Å². The molecule has 33 heavy (non-hydrogen) atoms. The van der Waals surface area contributed by atoms with E-state index in [9.17, 15) is 9.59 Å². The highest BCUT2D eigenvalue weighted by atomic mass is 35.5. The van der Waals surface area contributed by atoms with Crippen LogP contribution in [-0.2, 0) is 20.9 Å². The molecule has 8 heteroatoms. The summed E-state index contributed by atoms with van der Waals surface area (Å²) >= 11 is 6.43. The molecule has 1 aromatic rings. The van der Waals surface area contributed by atoms with E-state index in [1.807, 2.05) is 19.1 Å². The number of ether oxygens (including phenoxy) is 1. The molecule has 1 aliphatic carbocycles. The molecule has 0 spiro atoms. The number of rotatable bonds is 6. The third kappa shape index (κ3) is 6.27. The van der Waals surface area contributed by atoms with E-state index in [0.29, 0.717) is 30.7 Å². The van der Waals surface area contributed by atoms with Crippen molar-refractivity contribution < 1.29 is 14.3 Å². The average molecular weight is 477 g/mol. The zero-order valence-corrected chi connectivity index (χ0v) is 20.7. The summed E-state index contributed by atoms with van der Waals surface area (Å²) in [5, 5.41) is 3.69. The van der Waals surface area contributed by atoms with Gasteiger partial charge in [0.15, 0.2) is 0 Å².